The first-order valence-electron chi connectivity index (χ1n) is 8.44. The van der Waals surface area contributed by atoms with Gasteiger partial charge >= 0.3 is 0 Å². The zero-order valence-corrected chi connectivity index (χ0v) is 14.4. The quantitative estimate of drug-likeness (QED) is 0.584. The van der Waals surface area contributed by atoms with E-state index in [1.54, 1.807) is 0 Å². The van der Waals surface area contributed by atoms with E-state index < -0.39 is 0 Å². The van der Waals surface area contributed by atoms with E-state index in [0.29, 0.717) is 0 Å². The Morgan fingerprint density at radius 2 is 2.12 bits per heavy atom. The van der Waals surface area contributed by atoms with Crippen LogP contribution in [-0.2, 0) is 19.6 Å². The molecule has 0 aliphatic heterocycles. The van der Waals surface area contributed by atoms with Gasteiger partial charge in [-0.15, -0.1) is 0 Å². The third-order valence-corrected chi connectivity index (χ3v) is 4.38. The molecule has 0 atom stereocenters. The van der Waals surface area contributed by atoms with Gasteiger partial charge in [-0.1, -0.05) is 18.2 Å². The summed E-state index contributed by atoms with van der Waals surface area (Å²) in [5, 5.41) is 8.39. The molecule has 1 N–H and O–H groups in total. The molecule has 6 nitrogen and oxygen atoms in total. The minimum Gasteiger partial charge on any atom is -0.454 e. The van der Waals surface area contributed by atoms with Crippen molar-refractivity contribution in [3.63, 3.8) is 0 Å². The van der Waals surface area contributed by atoms with Gasteiger partial charge < -0.3 is 8.98 Å². The van der Waals surface area contributed by atoms with Crippen LogP contribution in [0.25, 0.3) is 22.4 Å². The lowest BCUT2D eigenvalue weighted by Gasteiger charge is -2.16. The van der Waals surface area contributed by atoms with Gasteiger partial charge in [0, 0.05) is 36.4 Å². The Labute approximate surface area is 146 Å². The predicted octanol–water partition coefficient (Wildman–Crippen LogP) is 3.67. The summed E-state index contributed by atoms with van der Waals surface area (Å²) in [4.78, 5) is 6.67. The molecule has 0 aliphatic rings. The first kappa shape index (κ1) is 15.7. The molecule has 3 aromatic heterocycles. The number of furan rings is 1. The summed E-state index contributed by atoms with van der Waals surface area (Å²) in [7, 11) is 2.09. The Morgan fingerprint density at radius 3 is 2.96 bits per heavy atom. The van der Waals surface area contributed by atoms with Crippen molar-refractivity contribution in [1.29, 1.82) is 0 Å². The average Bonchev–Trinajstić information content (AvgIpc) is 3.32. The summed E-state index contributed by atoms with van der Waals surface area (Å²) in [6, 6.07) is 10.1. The fourth-order valence-corrected chi connectivity index (χ4v) is 3.12. The van der Waals surface area contributed by atoms with E-state index in [1.807, 2.05) is 36.8 Å². The molecule has 0 radical (unpaired) electrons. The second-order valence-corrected chi connectivity index (χ2v) is 6.22. The lowest BCUT2D eigenvalue weighted by Crippen LogP contribution is -2.20. The van der Waals surface area contributed by atoms with Gasteiger partial charge in [0.25, 0.3) is 0 Å². The van der Waals surface area contributed by atoms with E-state index in [9.17, 15) is 0 Å². The standard InChI is InChI=1S/C19H21N5O/c1-3-24-9-8-20-18(24)13-23(2)12-15-11-21-22-19(15)17-10-14-6-4-5-7-16(14)25-17/h4-11H,3,12-13H2,1-2H3,(H,21,22). The second-order valence-electron chi connectivity index (χ2n) is 6.22. The lowest BCUT2D eigenvalue weighted by molar-refractivity contribution is 0.305. The number of benzene rings is 1. The van der Waals surface area contributed by atoms with Crippen LogP contribution in [0.15, 0.2) is 53.3 Å². The van der Waals surface area contributed by atoms with Gasteiger partial charge in [0.2, 0.25) is 0 Å². The molecule has 4 rings (SSSR count). The Bertz CT molecular complexity index is 947. The molecule has 0 saturated heterocycles. The molecule has 25 heavy (non-hydrogen) atoms. The third-order valence-electron chi connectivity index (χ3n) is 4.38. The van der Waals surface area contributed by atoms with Crippen molar-refractivity contribution in [1.82, 2.24) is 24.6 Å². The molecular formula is C19H21N5O. The van der Waals surface area contributed by atoms with Crippen molar-refractivity contribution in [3.05, 3.63) is 60.3 Å². The Kier molecular flexibility index (Phi) is 4.11. The van der Waals surface area contributed by atoms with Crippen LogP contribution in [0.5, 0.6) is 0 Å². The number of aromatic amines is 1. The molecular weight excluding hydrogens is 314 g/mol. The number of nitrogens with one attached hydrogen (secondary N) is 1. The van der Waals surface area contributed by atoms with E-state index in [1.165, 1.54) is 0 Å². The highest BCUT2D eigenvalue weighted by Gasteiger charge is 2.15. The van der Waals surface area contributed by atoms with E-state index in [4.69, 9.17) is 4.42 Å². The van der Waals surface area contributed by atoms with Crippen LogP contribution in [0.2, 0.25) is 0 Å². The summed E-state index contributed by atoms with van der Waals surface area (Å²) in [5.41, 5.74) is 2.93. The number of imidazole rings is 1. The van der Waals surface area contributed by atoms with E-state index in [2.05, 4.69) is 50.8 Å². The van der Waals surface area contributed by atoms with Crippen LogP contribution in [0.3, 0.4) is 0 Å². The van der Waals surface area contributed by atoms with Crippen molar-refractivity contribution < 1.29 is 4.42 Å². The molecule has 3 heterocycles. The van der Waals surface area contributed by atoms with Crippen LogP contribution in [-0.4, -0.2) is 31.7 Å². The molecule has 128 valence electrons. The third kappa shape index (κ3) is 3.08. The summed E-state index contributed by atoms with van der Waals surface area (Å²) in [5.74, 6) is 1.89. The molecule has 0 spiro atoms. The summed E-state index contributed by atoms with van der Waals surface area (Å²) in [6.45, 7) is 4.60. The van der Waals surface area contributed by atoms with Crippen molar-refractivity contribution in [2.24, 2.45) is 0 Å². The Balaban J connectivity index is 1.55. The molecule has 0 amide bonds. The molecule has 0 unspecified atom stereocenters. The van der Waals surface area contributed by atoms with Crippen molar-refractivity contribution >= 4 is 11.0 Å². The number of hydrogen-bond donors (Lipinski definition) is 1. The highest BCUT2D eigenvalue weighted by molar-refractivity contribution is 5.82. The SMILES string of the molecule is CCn1ccnc1CN(C)Cc1cn[nH]c1-c1cc2ccccc2o1. The molecule has 1 aromatic carbocycles. The Morgan fingerprint density at radius 1 is 1.24 bits per heavy atom. The average molecular weight is 335 g/mol. The van der Waals surface area contributed by atoms with Crippen LogP contribution >= 0.6 is 0 Å². The first-order chi connectivity index (χ1) is 12.2. The summed E-state index contributed by atoms with van der Waals surface area (Å²) in [6.07, 6.45) is 5.73. The van der Waals surface area contributed by atoms with Gasteiger partial charge in [0.15, 0.2) is 5.76 Å². The monoisotopic (exact) mass is 335 g/mol. The van der Waals surface area contributed by atoms with Gasteiger partial charge in [-0.25, -0.2) is 4.98 Å². The number of nitrogens with zero attached hydrogens (tertiary/aromatic N) is 4. The molecule has 0 fully saturated rings. The highest BCUT2D eigenvalue weighted by atomic mass is 16.3. The minimum atomic E-state index is 0.763. The van der Waals surface area contributed by atoms with Gasteiger partial charge in [0.1, 0.15) is 17.1 Å². The number of fused-ring (bicyclic) bond motifs is 1. The molecule has 4 aromatic rings. The number of aryl methyl sites for hydroxylation is 1. The van der Waals surface area contributed by atoms with Crippen molar-refractivity contribution in [3.8, 4) is 11.5 Å². The maximum atomic E-state index is 5.97. The first-order valence-corrected chi connectivity index (χ1v) is 8.44. The molecule has 0 aliphatic carbocycles. The van der Waals surface area contributed by atoms with Gasteiger partial charge in [0.05, 0.1) is 12.7 Å². The van der Waals surface area contributed by atoms with E-state index in [0.717, 1.165) is 53.4 Å². The molecule has 0 saturated carbocycles. The zero-order chi connectivity index (χ0) is 17.2. The summed E-state index contributed by atoms with van der Waals surface area (Å²) >= 11 is 0. The van der Waals surface area contributed by atoms with Crippen LogP contribution in [0, 0.1) is 0 Å². The number of rotatable bonds is 6. The Hall–Kier alpha value is -2.86. The summed E-state index contributed by atoms with van der Waals surface area (Å²) < 4.78 is 8.13. The number of aromatic nitrogens is 4. The van der Waals surface area contributed by atoms with Crippen molar-refractivity contribution in [2.45, 2.75) is 26.6 Å². The highest BCUT2D eigenvalue weighted by Crippen LogP contribution is 2.29. The van der Waals surface area contributed by atoms with Crippen LogP contribution < -0.4 is 0 Å². The van der Waals surface area contributed by atoms with Gasteiger partial charge in [-0.05, 0) is 26.1 Å². The second kappa shape index (κ2) is 6.57. The smallest absolute Gasteiger partial charge is 0.153 e. The van der Waals surface area contributed by atoms with E-state index >= 15 is 0 Å². The molecule has 6 heteroatoms. The van der Waals surface area contributed by atoms with Gasteiger partial charge in [-0.3, -0.25) is 10.00 Å². The van der Waals surface area contributed by atoms with Crippen LogP contribution in [0.1, 0.15) is 18.3 Å². The fraction of sp³-hybridized carbons (Fsp3) is 0.263. The van der Waals surface area contributed by atoms with Gasteiger partial charge in [-0.2, -0.15) is 5.10 Å². The van der Waals surface area contributed by atoms with E-state index in [-0.39, 0.29) is 0 Å². The minimum absolute atomic E-state index is 0.763. The fourth-order valence-electron chi connectivity index (χ4n) is 3.12. The zero-order valence-electron chi connectivity index (χ0n) is 14.4. The maximum Gasteiger partial charge on any atom is 0.153 e. The largest absolute Gasteiger partial charge is 0.454 e. The maximum absolute atomic E-state index is 5.97. The number of para-hydroxylation sites is 1. The van der Waals surface area contributed by atoms with Crippen LogP contribution in [0.4, 0.5) is 0 Å². The topological polar surface area (TPSA) is 62.9 Å². The number of H-pyrrole nitrogens is 1. The molecule has 0 bridgehead atoms. The van der Waals surface area contributed by atoms with Crippen molar-refractivity contribution in [2.75, 3.05) is 7.05 Å². The lowest BCUT2D eigenvalue weighted by atomic mass is 10.2. The predicted molar refractivity (Wildman–Crippen MR) is 96.9 cm³/mol. The number of hydrogen-bond acceptors (Lipinski definition) is 4. The normalized spacial score (nSPS) is 11.6.